The van der Waals surface area contributed by atoms with Crippen LogP contribution in [0.1, 0.15) is 37.3 Å². The Morgan fingerprint density at radius 2 is 1.44 bits per heavy atom. The Labute approximate surface area is 241 Å². The molecule has 4 rings (SSSR count). The van der Waals surface area contributed by atoms with E-state index in [9.17, 15) is 16.8 Å². The second-order valence-corrected chi connectivity index (χ2v) is 14.7. The van der Waals surface area contributed by atoms with Crippen LogP contribution >= 0.6 is 0 Å². The molecule has 0 fully saturated rings. The lowest BCUT2D eigenvalue weighted by Crippen LogP contribution is -2.45. The third kappa shape index (κ3) is 8.30. The average molecular weight is 594 g/mol. The molecule has 0 aliphatic rings. The Morgan fingerprint density at radius 1 is 0.878 bits per heavy atom. The number of nitrogens with one attached hydrogen (secondary N) is 1. The van der Waals surface area contributed by atoms with Crippen LogP contribution in [0.2, 0.25) is 0 Å². The minimum atomic E-state index is -3.72. The first-order valence-electron chi connectivity index (χ1n) is 13.6. The number of hydrogen-bond donors (Lipinski definition) is 2. The van der Waals surface area contributed by atoms with Gasteiger partial charge in [-0.1, -0.05) is 43.3 Å². The van der Waals surface area contributed by atoms with Gasteiger partial charge in [-0.3, -0.25) is 9.97 Å². The lowest BCUT2D eigenvalue weighted by molar-refractivity contribution is 0.445. The number of nitrogens with two attached hydrogens (primary N) is 1. The van der Waals surface area contributed by atoms with Crippen LogP contribution in [-0.4, -0.2) is 56.4 Å². The molecule has 9 nitrogen and oxygen atoms in total. The van der Waals surface area contributed by atoms with Crippen LogP contribution < -0.4 is 11.1 Å². The number of aromatic nitrogens is 2. The quantitative estimate of drug-likeness (QED) is 0.208. The highest BCUT2D eigenvalue weighted by Crippen LogP contribution is 2.23. The lowest BCUT2D eigenvalue weighted by atomic mass is 10.0. The van der Waals surface area contributed by atoms with Crippen LogP contribution in [0.4, 0.5) is 0 Å². The lowest BCUT2D eigenvalue weighted by Gasteiger charge is -2.27. The van der Waals surface area contributed by atoms with Crippen molar-refractivity contribution in [1.82, 2.24) is 15.3 Å². The summed E-state index contributed by atoms with van der Waals surface area (Å²) in [4.78, 5) is 8.73. The van der Waals surface area contributed by atoms with Gasteiger partial charge >= 0.3 is 0 Å². The monoisotopic (exact) mass is 593 g/mol. The van der Waals surface area contributed by atoms with Crippen LogP contribution in [0.3, 0.4) is 0 Å². The topological polar surface area (TPSA) is 156 Å². The SMILES string of the molecule is CC[C@H](NCC#N)C(CC[C@H](N)CS(=O)(=O)Cc1cnc2ccccc2c1)S(=O)(=O)Cc1cnc2ccccc2c1. The molecule has 41 heavy (non-hydrogen) atoms. The van der Waals surface area contributed by atoms with Crippen molar-refractivity contribution in [3.05, 3.63) is 84.2 Å². The summed E-state index contributed by atoms with van der Waals surface area (Å²) in [6.45, 7) is 1.86. The van der Waals surface area contributed by atoms with E-state index in [4.69, 9.17) is 11.0 Å². The second kappa shape index (κ2) is 13.5. The first-order valence-corrected chi connectivity index (χ1v) is 17.1. The Morgan fingerprint density at radius 3 is 2.00 bits per heavy atom. The first-order chi connectivity index (χ1) is 19.6. The zero-order chi connectivity index (χ0) is 29.5. The van der Waals surface area contributed by atoms with Crippen molar-refractivity contribution in [2.24, 2.45) is 5.73 Å². The molecule has 0 aliphatic heterocycles. The summed E-state index contributed by atoms with van der Waals surface area (Å²) in [6.07, 6.45) is 3.96. The number of hydrogen-bond acceptors (Lipinski definition) is 9. The van der Waals surface area contributed by atoms with Gasteiger partial charge in [-0.15, -0.1) is 0 Å². The molecule has 2 aromatic carbocycles. The third-order valence-electron chi connectivity index (χ3n) is 7.13. The number of benzene rings is 2. The third-order valence-corrected chi connectivity index (χ3v) is 11.1. The van der Waals surface area contributed by atoms with E-state index in [0.29, 0.717) is 17.5 Å². The van der Waals surface area contributed by atoms with E-state index < -0.39 is 37.0 Å². The fraction of sp³-hybridized carbons (Fsp3) is 0.367. The molecule has 0 spiro atoms. The maximum Gasteiger partial charge on any atom is 0.158 e. The Hall–Kier alpha value is -3.43. The van der Waals surface area contributed by atoms with Crippen LogP contribution in [-0.2, 0) is 31.2 Å². The van der Waals surface area contributed by atoms with Crippen LogP contribution in [0.5, 0.6) is 0 Å². The molecule has 4 aromatic rings. The molecule has 0 radical (unpaired) electrons. The zero-order valence-corrected chi connectivity index (χ0v) is 24.6. The van der Waals surface area contributed by atoms with Crippen LogP contribution in [0.25, 0.3) is 21.8 Å². The standard InChI is InChI=1S/C30H35N5O4S2/c1-2-27(33-14-13-31)30(41(38,39)20-23-16-25-8-4-6-10-29(25)35-18-23)12-11-26(32)21-40(36,37)19-22-15-24-7-3-5-9-28(24)34-17-22/h3-10,15-18,26-27,30,33H,2,11-12,14,19-21,32H2,1H3/t26-,27-,30?/m0/s1. The average Bonchev–Trinajstić information content (AvgIpc) is 2.93. The van der Waals surface area contributed by atoms with Gasteiger partial charge in [0.15, 0.2) is 19.7 Å². The molecule has 0 bridgehead atoms. The van der Waals surface area contributed by atoms with Gasteiger partial charge in [-0.25, -0.2) is 16.8 Å². The van der Waals surface area contributed by atoms with Gasteiger partial charge in [0.1, 0.15) is 0 Å². The molecule has 0 aliphatic carbocycles. The van der Waals surface area contributed by atoms with Crippen LogP contribution in [0.15, 0.2) is 73.1 Å². The van der Waals surface area contributed by atoms with E-state index >= 15 is 0 Å². The number of para-hydroxylation sites is 2. The van der Waals surface area contributed by atoms with Crippen molar-refractivity contribution in [1.29, 1.82) is 5.26 Å². The van der Waals surface area contributed by atoms with E-state index in [1.807, 2.05) is 73.7 Å². The molecule has 3 N–H and O–H groups in total. The summed E-state index contributed by atoms with van der Waals surface area (Å²) in [5.74, 6) is -0.692. The number of sulfone groups is 2. The molecule has 3 atom stereocenters. The molecule has 216 valence electrons. The van der Waals surface area contributed by atoms with E-state index in [1.165, 1.54) is 0 Å². The highest BCUT2D eigenvalue weighted by Gasteiger charge is 2.33. The fourth-order valence-corrected chi connectivity index (χ4v) is 8.90. The zero-order valence-electron chi connectivity index (χ0n) is 23.0. The predicted molar refractivity (Wildman–Crippen MR) is 162 cm³/mol. The summed E-state index contributed by atoms with van der Waals surface area (Å²) in [5.41, 5.74) is 8.99. The van der Waals surface area contributed by atoms with Gasteiger partial charge < -0.3 is 11.1 Å². The first kappa shape index (κ1) is 30.5. The highest BCUT2D eigenvalue weighted by atomic mass is 32.2. The second-order valence-electron chi connectivity index (χ2n) is 10.4. The van der Waals surface area contributed by atoms with Crippen molar-refractivity contribution >= 4 is 41.5 Å². The summed E-state index contributed by atoms with van der Waals surface area (Å²) in [5, 5.41) is 13.0. The summed E-state index contributed by atoms with van der Waals surface area (Å²) < 4.78 is 53.4. The number of pyridine rings is 2. The summed E-state index contributed by atoms with van der Waals surface area (Å²) in [6, 6.07) is 19.4. The Balaban J connectivity index is 1.46. The molecule has 0 saturated carbocycles. The van der Waals surface area contributed by atoms with Gasteiger partial charge in [0.2, 0.25) is 0 Å². The smallest absolute Gasteiger partial charge is 0.158 e. The highest BCUT2D eigenvalue weighted by molar-refractivity contribution is 7.91. The van der Waals surface area contributed by atoms with E-state index in [-0.39, 0.29) is 36.6 Å². The van der Waals surface area contributed by atoms with Gasteiger partial charge in [0.05, 0.1) is 46.2 Å². The number of fused-ring (bicyclic) bond motifs is 2. The number of nitriles is 1. The maximum atomic E-state index is 13.7. The normalized spacial score (nSPS) is 14.5. The molecule has 2 aromatic heterocycles. The minimum Gasteiger partial charge on any atom is -0.327 e. The largest absolute Gasteiger partial charge is 0.327 e. The minimum absolute atomic E-state index is 0.00226. The Bertz CT molecular complexity index is 1750. The molecular formula is C30H35N5O4S2. The molecular weight excluding hydrogens is 558 g/mol. The van der Waals surface area contributed by atoms with E-state index in [0.717, 1.165) is 21.8 Å². The molecule has 11 heteroatoms. The van der Waals surface area contributed by atoms with Crippen molar-refractivity contribution in [2.45, 2.75) is 55.0 Å². The van der Waals surface area contributed by atoms with Gasteiger partial charge in [0.25, 0.3) is 0 Å². The van der Waals surface area contributed by atoms with Crippen molar-refractivity contribution in [3.63, 3.8) is 0 Å². The molecule has 0 saturated heterocycles. The van der Waals surface area contributed by atoms with E-state index in [2.05, 4.69) is 15.3 Å². The van der Waals surface area contributed by atoms with Crippen molar-refractivity contribution < 1.29 is 16.8 Å². The number of nitrogens with zero attached hydrogens (tertiary/aromatic N) is 3. The Kier molecular flexibility index (Phi) is 10.0. The van der Waals surface area contributed by atoms with Gasteiger partial charge in [0, 0.05) is 35.2 Å². The van der Waals surface area contributed by atoms with Crippen molar-refractivity contribution in [3.8, 4) is 6.07 Å². The van der Waals surface area contributed by atoms with Crippen LogP contribution in [0, 0.1) is 11.3 Å². The molecule has 0 amide bonds. The summed E-state index contributed by atoms with van der Waals surface area (Å²) in [7, 11) is -7.30. The van der Waals surface area contributed by atoms with Gasteiger partial charge in [-0.05, 0) is 54.7 Å². The summed E-state index contributed by atoms with van der Waals surface area (Å²) >= 11 is 0. The molecule has 2 heterocycles. The molecule has 1 unspecified atom stereocenters. The maximum absolute atomic E-state index is 13.7. The van der Waals surface area contributed by atoms with Gasteiger partial charge in [-0.2, -0.15) is 5.26 Å². The van der Waals surface area contributed by atoms with Crippen molar-refractivity contribution in [2.75, 3.05) is 12.3 Å². The fourth-order valence-electron chi connectivity index (χ4n) is 5.18. The number of rotatable bonds is 14. The van der Waals surface area contributed by atoms with E-state index in [1.54, 1.807) is 12.4 Å². The predicted octanol–water partition coefficient (Wildman–Crippen LogP) is 3.68.